The van der Waals surface area contributed by atoms with Gasteiger partial charge in [-0.05, 0) is 43.2 Å². The van der Waals surface area contributed by atoms with Crippen LogP contribution in [0, 0.1) is 6.92 Å². The van der Waals surface area contributed by atoms with Gasteiger partial charge in [0.2, 0.25) is 0 Å². The highest BCUT2D eigenvalue weighted by molar-refractivity contribution is 7.91. The molecule has 1 N–H and O–H groups in total. The molecule has 0 atom stereocenters. The molecule has 0 radical (unpaired) electrons. The summed E-state index contributed by atoms with van der Waals surface area (Å²) in [5.74, 6) is -1.22. The van der Waals surface area contributed by atoms with E-state index in [4.69, 9.17) is 26.5 Å². The van der Waals surface area contributed by atoms with Crippen molar-refractivity contribution in [1.82, 2.24) is 0 Å². The van der Waals surface area contributed by atoms with Gasteiger partial charge in [0.25, 0.3) is 0 Å². The Kier molecular flexibility index (Phi) is 6.41. The first-order valence-electron chi connectivity index (χ1n) is 7.42. The Bertz CT molecular complexity index is 863. The summed E-state index contributed by atoms with van der Waals surface area (Å²) in [7, 11) is -3.48. The lowest BCUT2D eigenvalue weighted by Crippen LogP contribution is -2.11. The Labute approximate surface area is 150 Å². The number of hydrogen-bond acceptors (Lipinski definition) is 5. The third-order valence-electron chi connectivity index (χ3n) is 3.41. The molecule has 2 rings (SSSR count). The molecule has 0 bridgehead atoms. The Hall–Kier alpha value is -2.09. The van der Waals surface area contributed by atoms with E-state index in [-0.39, 0.29) is 35.0 Å². The van der Waals surface area contributed by atoms with E-state index in [2.05, 4.69) is 0 Å². The number of halogens is 1. The minimum absolute atomic E-state index is 0.00717. The van der Waals surface area contributed by atoms with Gasteiger partial charge in [-0.2, -0.15) is 4.89 Å². The van der Waals surface area contributed by atoms with E-state index in [0.29, 0.717) is 5.02 Å². The zero-order valence-electron chi connectivity index (χ0n) is 13.4. The van der Waals surface area contributed by atoms with Crippen molar-refractivity contribution in [2.24, 2.45) is 0 Å². The molecule has 2 aromatic rings. The average molecular weight is 385 g/mol. The van der Waals surface area contributed by atoms with E-state index < -0.39 is 15.8 Å². The first-order chi connectivity index (χ1) is 11.8. The highest BCUT2D eigenvalue weighted by atomic mass is 35.5. The summed E-state index contributed by atoms with van der Waals surface area (Å²) < 4.78 is 24.5. The van der Waals surface area contributed by atoms with Crippen LogP contribution in [-0.4, -0.2) is 31.9 Å². The smallest absolute Gasteiger partial charge is 0.339 e. The number of carbonyl (C=O) groups is 1. The number of para-hydroxylation sites is 1. The molecule has 0 fully saturated rings. The molecular weight excluding hydrogens is 368 g/mol. The number of aromatic carboxylic acids is 1. The van der Waals surface area contributed by atoms with E-state index in [1.165, 1.54) is 24.3 Å². The topological polar surface area (TPSA) is 89.9 Å². The van der Waals surface area contributed by atoms with Crippen molar-refractivity contribution in [2.75, 3.05) is 12.4 Å². The van der Waals surface area contributed by atoms with Crippen molar-refractivity contribution in [3.63, 3.8) is 0 Å². The third-order valence-corrected chi connectivity index (χ3v) is 5.61. The van der Waals surface area contributed by atoms with Crippen LogP contribution in [0.3, 0.4) is 0 Å². The van der Waals surface area contributed by atoms with Gasteiger partial charge in [-0.15, -0.1) is 0 Å². The molecule has 8 heteroatoms. The highest BCUT2D eigenvalue weighted by Crippen LogP contribution is 2.21. The summed E-state index contributed by atoms with van der Waals surface area (Å²) in [6.45, 7) is 1.78. The maximum Gasteiger partial charge on any atom is 0.339 e. The predicted octanol–water partition coefficient (Wildman–Crippen LogP) is 3.52. The van der Waals surface area contributed by atoms with Gasteiger partial charge in [-0.1, -0.05) is 29.8 Å². The molecule has 0 aromatic heterocycles. The molecule has 6 nitrogen and oxygen atoms in total. The minimum atomic E-state index is -3.48. The van der Waals surface area contributed by atoms with Crippen LogP contribution >= 0.6 is 11.6 Å². The van der Waals surface area contributed by atoms with Gasteiger partial charge in [0.05, 0.1) is 17.3 Å². The standard InChI is InChI=1S/C17H17ClO6S/c1-12-7-8-13(11-15(12)18)25(21,22)10-4-9-23-24-16-6-3-2-5-14(16)17(19)20/h2-3,5-8,11H,4,9-10H2,1H3,(H,19,20). The van der Waals surface area contributed by atoms with Gasteiger partial charge in [0.1, 0.15) is 5.56 Å². The van der Waals surface area contributed by atoms with Crippen LogP contribution in [0.4, 0.5) is 0 Å². The SMILES string of the molecule is Cc1ccc(S(=O)(=O)CCCOOc2ccccc2C(=O)O)cc1Cl. The van der Waals surface area contributed by atoms with E-state index >= 15 is 0 Å². The number of rotatable bonds is 8. The van der Waals surface area contributed by atoms with Crippen molar-refractivity contribution in [3.8, 4) is 5.75 Å². The fraction of sp³-hybridized carbons (Fsp3) is 0.235. The molecule has 0 heterocycles. The molecule has 134 valence electrons. The molecular formula is C17H17ClO6S. The van der Waals surface area contributed by atoms with Gasteiger partial charge in [-0.3, -0.25) is 0 Å². The van der Waals surface area contributed by atoms with E-state index in [1.54, 1.807) is 25.1 Å². The second-order valence-electron chi connectivity index (χ2n) is 5.29. The van der Waals surface area contributed by atoms with Crippen molar-refractivity contribution >= 4 is 27.4 Å². The Morgan fingerprint density at radius 1 is 1.20 bits per heavy atom. The lowest BCUT2D eigenvalue weighted by atomic mass is 10.2. The maximum atomic E-state index is 12.2. The van der Waals surface area contributed by atoms with E-state index in [0.717, 1.165) is 5.56 Å². The van der Waals surface area contributed by atoms with Crippen LogP contribution in [0.5, 0.6) is 5.75 Å². The average Bonchev–Trinajstić information content (AvgIpc) is 2.57. The minimum Gasteiger partial charge on any atom is -0.478 e. The zero-order valence-corrected chi connectivity index (χ0v) is 15.0. The van der Waals surface area contributed by atoms with Crippen molar-refractivity contribution in [1.29, 1.82) is 0 Å². The second-order valence-corrected chi connectivity index (χ2v) is 7.81. The zero-order chi connectivity index (χ0) is 18.4. The fourth-order valence-electron chi connectivity index (χ4n) is 2.01. The number of carboxylic acid groups (broad SMARTS) is 1. The summed E-state index contributed by atoms with van der Waals surface area (Å²) in [6.07, 6.45) is 0.184. The van der Waals surface area contributed by atoms with Crippen LogP contribution in [0.2, 0.25) is 5.02 Å². The molecule has 0 unspecified atom stereocenters. The number of carboxylic acids is 1. The van der Waals surface area contributed by atoms with Gasteiger partial charge in [0.15, 0.2) is 15.6 Å². The van der Waals surface area contributed by atoms with Crippen molar-refractivity contribution < 1.29 is 28.1 Å². The molecule has 2 aromatic carbocycles. The molecule has 0 saturated carbocycles. The van der Waals surface area contributed by atoms with Gasteiger partial charge in [-0.25, -0.2) is 13.2 Å². The monoisotopic (exact) mass is 384 g/mol. The molecule has 0 saturated heterocycles. The summed E-state index contributed by atoms with van der Waals surface area (Å²) in [5, 5.41) is 9.41. The summed E-state index contributed by atoms with van der Waals surface area (Å²) in [4.78, 5) is 21.1. The molecule has 0 aliphatic heterocycles. The number of sulfone groups is 1. The van der Waals surface area contributed by atoms with Crippen LogP contribution < -0.4 is 4.89 Å². The quantitative estimate of drug-likeness (QED) is 0.425. The van der Waals surface area contributed by atoms with E-state index in [9.17, 15) is 13.2 Å². The lowest BCUT2D eigenvalue weighted by Gasteiger charge is -2.08. The first-order valence-corrected chi connectivity index (χ1v) is 9.45. The van der Waals surface area contributed by atoms with Crippen LogP contribution in [0.25, 0.3) is 0 Å². The Morgan fingerprint density at radius 2 is 1.92 bits per heavy atom. The second kappa shape index (κ2) is 8.33. The molecule has 0 aliphatic carbocycles. The Balaban J connectivity index is 1.87. The number of aryl methyl sites for hydroxylation is 1. The van der Waals surface area contributed by atoms with Crippen LogP contribution in [0.15, 0.2) is 47.4 Å². The molecule has 0 amide bonds. The molecule has 25 heavy (non-hydrogen) atoms. The van der Waals surface area contributed by atoms with Crippen molar-refractivity contribution in [2.45, 2.75) is 18.2 Å². The maximum absolute atomic E-state index is 12.2. The van der Waals surface area contributed by atoms with Crippen LogP contribution in [0.1, 0.15) is 22.3 Å². The summed E-state index contributed by atoms with van der Waals surface area (Å²) in [5.41, 5.74) is 0.763. The summed E-state index contributed by atoms with van der Waals surface area (Å²) in [6, 6.07) is 10.6. The largest absolute Gasteiger partial charge is 0.478 e. The Morgan fingerprint density at radius 3 is 2.60 bits per heavy atom. The van der Waals surface area contributed by atoms with Gasteiger partial charge < -0.3 is 9.99 Å². The molecule has 0 aliphatic rings. The molecule has 0 spiro atoms. The first kappa shape index (κ1) is 19.2. The summed E-state index contributed by atoms with van der Waals surface area (Å²) >= 11 is 5.95. The van der Waals surface area contributed by atoms with E-state index in [1.807, 2.05) is 0 Å². The number of benzene rings is 2. The normalized spacial score (nSPS) is 11.3. The van der Waals surface area contributed by atoms with Crippen LogP contribution in [-0.2, 0) is 14.7 Å². The number of hydrogen-bond donors (Lipinski definition) is 1. The van der Waals surface area contributed by atoms with Gasteiger partial charge in [0, 0.05) is 5.02 Å². The van der Waals surface area contributed by atoms with Crippen molar-refractivity contribution in [3.05, 3.63) is 58.6 Å². The fourth-order valence-corrected chi connectivity index (χ4v) is 3.57. The third kappa shape index (κ3) is 5.19. The van der Waals surface area contributed by atoms with Gasteiger partial charge >= 0.3 is 5.97 Å². The highest BCUT2D eigenvalue weighted by Gasteiger charge is 2.16. The predicted molar refractivity (Wildman–Crippen MR) is 92.8 cm³/mol. The lowest BCUT2D eigenvalue weighted by molar-refractivity contribution is -0.206.